The summed E-state index contributed by atoms with van der Waals surface area (Å²) in [4.78, 5) is 0. The summed E-state index contributed by atoms with van der Waals surface area (Å²) in [6.07, 6.45) is 1.09. The van der Waals surface area contributed by atoms with Crippen molar-refractivity contribution in [2.75, 3.05) is 33.0 Å². The molecule has 0 N–H and O–H groups in total. The molecule has 1 aromatic carbocycles. The highest BCUT2D eigenvalue weighted by molar-refractivity contribution is 5.36. The highest BCUT2D eigenvalue weighted by Crippen LogP contribution is 2.13. The molecule has 2 rings (SSSR count). The summed E-state index contributed by atoms with van der Waals surface area (Å²) >= 11 is 0. The summed E-state index contributed by atoms with van der Waals surface area (Å²) in [5, 5.41) is 8.75. The Hall–Kier alpha value is -1.57. The van der Waals surface area contributed by atoms with Gasteiger partial charge in [0.25, 0.3) is 0 Å². The predicted molar refractivity (Wildman–Crippen MR) is 66.4 cm³/mol. The molecule has 18 heavy (non-hydrogen) atoms. The van der Waals surface area contributed by atoms with E-state index in [-0.39, 0.29) is 0 Å². The van der Waals surface area contributed by atoms with Crippen LogP contribution in [0.5, 0.6) is 5.75 Å². The second kappa shape index (κ2) is 7.00. The van der Waals surface area contributed by atoms with E-state index in [1.54, 1.807) is 12.1 Å². The lowest BCUT2D eigenvalue weighted by Gasteiger charge is -2.09. The van der Waals surface area contributed by atoms with E-state index in [2.05, 4.69) is 6.07 Å². The molecule has 0 aromatic heterocycles. The van der Waals surface area contributed by atoms with E-state index in [4.69, 9.17) is 19.5 Å². The molecule has 96 valence electrons. The van der Waals surface area contributed by atoms with Crippen molar-refractivity contribution >= 4 is 0 Å². The van der Waals surface area contributed by atoms with Gasteiger partial charge in [0.05, 0.1) is 31.5 Å². The van der Waals surface area contributed by atoms with Crippen LogP contribution in [-0.4, -0.2) is 33.0 Å². The van der Waals surface area contributed by atoms with Crippen LogP contribution >= 0.6 is 0 Å². The molecular formula is C14H17NO3. The lowest BCUT2D eigenvalue weighted by Crippen LogP contribution is -2.13. The van der Waals surface area contributed by atoms with Crippen molar-refractivity contribution in [3.63, 3.8) is 0 Å². The van der Waals surface area contributed by atoms with Gasteiger partial charge in [0.2, 0.25) is 0 Å². The number of nitrogens with zero attached hydrogens (tertiary/aromatic N) is 1. The van der Waals surface area contributed by atoms with Crippen molar-refractivity contribution in [1.29, 1.82) is 5.26 Å². The maximum absolute atomic E-state index is 8.75. The van der Waals surface area contributed by atoms with Gasteiger partial charge in [-0.1, -0.05) is 6.07 Å². The molecule has 0 aliphatic carbocycles. The molecule has 1 aliphatic rings. The number of benzene rings is 1. The monoisotopic (exact) mass is 247 g/mol. The topological polar surface area (TPSA) is 51.5 Å². The Morgan fingerprint density at radius 2 is 2.33 bits per heavy atom. The highest BCUT2D eigenvalue weighted by Gasteiger charge is 2.15. The quantitative estimate of drug-likeness (QED) is 0.721. The van der Waals surface area contributed by atoms with Crippen LogP contribution in [0.2, 0.25) is 0 Å². The molecule has 1 aromatic rings. The average Bonchev–Trinajstić information content (AvgIpc) is 2.92. The molecule has 1 fully saturated rings. The Morgan fingerprint density at radius 1 is 1.39 bits per heavy atom. The molecular weight excluding hydrogens is 230 g/mol. The first-order valence-corrected chi connectivity index (χ1v) is 6.17. The standard InChI is InChI=1S/C14H17NO3/c15-9-12-2-1-3-14(8-12)18-7-6-17-11-13-4-5-16-10-13/h1-3,8,13H,4-7,10-11H2. The second-order valence-electron chi connectivity index (χ2n) is 4.29. The molecule has 0 saturated carbocycles. The van der Waals surface area contributed by atoms with Gasteiger partial charge < -0.3 is 14.2 Å². The van der Waals surface area contributed by atoms with Crippen LogP contribution in [-0.2, 0) is 9.47 Å². The maximum Gasteiger partial charge on any atom is 0.120 e. The second-order valence-corrected chi connectivity index (χ2v) is 4.29. The molecule has 0 amide bonds. The third-order valence-corrected chi connectivity index (χ3v) is 2.84. The number of hydrogen-bond acceptors (Lipinski definition) is 4. The molecule has 1 heterocycles. The average molecular weight is 247 g/mol. The van der Waals surface area contributed by atoms with Crippen LogP contribution < -0.4 is 4.74 Å². The Morgan fingerprint density at radius 3 is 3.11 bits per heavy atom. The zero-order valence-electron chi connectivity index (χ0n) is 10.3. The number of rotatable bonds is 6. The molecule has 4 nitrogen and oxygen atoms in total. The fourth-order valence-corrected chi connectivity index (χ4v) is 1.84. The summed E-state index contributed by atoms with van der Waals surface area (Å²) in [6, 6.07) is 9.21. The minimum absolute atomic E-state index is 0.502. The van der Waals surface area contributed by atoms with Gasteiger partial charge in [0, 0.05) is 12.5 Å². The van der Waals surface area contributed by atoms with Gasteiger partial charge in [0.1, 0.15) is 12.4 Å². The van der Waals surface area contributed by atoms with Crippen LogP contribution in [0.1, 0.15) is 12.0 Å². The largest absolute Gasteiger partial charge is 0.491 e. The molecule has 4 heteroatoms. The fourth-order valence-electron chi connectivity index (χ4n) is 1.84. The van der Waals surface area contributed by atoms with Crippen LogP contribution in [0.15, 0.2) is 24.3 Å². The number of ether oxygens (including phenoxy) is 3. The zero-order chi connectivity index (χ0) is 12.6. The van der Waals surface area contributed by atoms with Crippen LogP contribution in [0.3, 0.4) is 0 Å². The van der Waals surface area contributed by atoms with Crippen molar-refractivity contribution in [3.8, 4) is 11.8 Å². The Balaban J connectivity index is 1.61. The van der Waals surface area contributed by atoms with Gasteiger partial charge in [-0.25, -0.2) is 0 Å². The normalized spacial score (nSPS) is 18.5. The molecule has 1 atom stereocenters. The molecule has 1 unspecified atom stereocenters. The van der Waals surface area contributed by atoms with Crippen molar-refractivity contribution < 1.29 is 14.2 Å². The van der Waals surface area contributed by atoms with E-state index in [0.29, 0.717) is 30.4 Å². The summed E-state index contributed by atoms with van der Waals surface area (Å²) in [5.41, 5.74) is 0.608. The lowest BCUT2D eigenvalue weighted by molar-refractivity contribution is 0.0684. The van der Waals surface area contributed by atoms with E-state index in [9.17, 15) is 0 Å². The summed E-state index contributed by atoms with van der Waals surface area (Å²) < 4.78 is 16.3. The first kappa shape index (κ1) is 12.9. The van der Waals surface area contributed by atoms with Crippen LogP contribution in [0.4, 0.5) is 0 Å². The van der Waals surface area contributed by atoms with E-state index in [1.165, 1.54) is 0 Å². The maximum atomic E-state index is 8.75. The number of nitriles is 1. The smallest absolute Gasteiger partial charge is 0.120 e. The van der Waals surface area contributed by atoms with E-state index in [1.807, 2.05) is 12.1 Å². The minimum Gasteiger partial charge on any atom is -0.491 e. The SMILES string of the molecule is N#Cc1cccc(OCCOCC2CCOC2)c1. The van der Waals surface area contributed by atoms with Crippen molar-refractivity contribution in [3.05, 3.63) is 29.8 Å². The van der Waals surface area contributed by atoms with Gasteiger partial charge in [0.15, 0.2) is 0 Å². The zero-order valence-corrected chi connectivity index (χ0v) is 10.3. The first-order chi connectivity index (χ1) is 8.88. The third kappa shape index (κ3) is 4.02. The Bertz CT molecular complexity index is 408. The Kier molecular flexibility index (Phi) is 5.00. The van der Waals surface area contributed by atoms with E-state index >= 15 is 0 Å². The van der Waals surface area contributed by atoms with Crippen molar-refractivity contribution in [2.24, 2.45) is 5.92 Å². The van der Waals surface area contributed by atoms with Gasteiger partial charge >= 0.3 is 0 Å². The Labute approximate surface area is 107 Å². The van der Waals surface area contributed by atoms with Crippen LogP contribution in [0.25, 0.3) is 0 Å². The first-order valence-electron chi connectivity index (χ1n) is 6.17. The summed E-state index contributed by atoms with van der Waals surface area (Å²) in [5.74, 6) is 1.24. The van der Waals surface area contributed by atoms with Crippen molar-refractivity contribution in [2.45, 2.75) is 6.42 Å². The van der Waals surface area contributed by atoms with Gasteiger partial charge in [-0.05, 0) is 24.6 Å². The minimum atomic E-state index is 0.502. The molecule has 0 radical (unpaired) electrons. The van der Waals surface area contributed by atoms with E-state index < -0.39 is 0 Å². The van der Waals surface area contributed by atoms with E-state index in [0.717, 1.165) is 26.2 Å². The molecule has 0 bridgehead atoms. The molecule has 1 saturated heterocycles. The summed E-state index contributed by atoms with van der Waals surface area (Å²) in [7, 11) is 0. The van der Waals surface area contributed by atoms with Gasteiger partial charge in [-0.2, -0.15) is 5.26 Å². The predicted octanol–water partition coefficient (Wildman–Crippen LogP) is 1.99. The van der Waals surface area contributed by atoms with Gasteiger partial charge in [-0.15, -0.1) is 0 Å². The molecule has 0 spiro atoms. The number of hydrogen-bond donors (Lipinski definition) is 0. The highest BCUT2D eigenvalue weighted by atomic mass is 16.5. The molecule has 1 aliphatic heterocycles. The van der Waals surface area contributed by atoms with Crippen LogP contribution in [0, 0.1) is 17.2 Å². The fraction of sp³-hybridized carbons (Fsp3) is 0.500. The van der Waals surface area contributed by atoms with Gasteiger partial charge in [-0.3, -0.25) is 0 Å². The third-order valence-electron chi connectivity index (χ3n) is 2.84. The lowest BCUT2D eigenvalue weighted by atomic mass is 10.1. The van der Waals surface area contributed by atoms with Crippen molar-refractivity contribution in [1.82, 2.24) is 0 Å². The summed E-state index contributed by atoms with van der Waals surface area (Å²) in [6.45, 7) is 3.47.